The summed E-state index contributed by atoms with van der Waals surface area (Å²) in [5, 5.41) is 12.6. The van der Waals surface area contributed by atoms with Gasteiger partial charge in [-0.3, -0.25) is 4.68 Å². The van der Waals surface area contributed by atoms with Gasteiger partial charge in [-0.25, -0.2) is 13.6 Å². The van der Waals surface area contributed by atoms with Gasteiger partial charge in [-0.15, -0.1) is 0 Å². The van der Waals surface area contributed by atoms with Crippen LogP contribution < -0.4 is 0 Å². The molecule has 2 aromatic rings. The van der Waals surface area contributed by atoms with Crippen LogP contribution in [0.3, 0.4) is 0 Å². The third-order valence-electron chi connectivity index (χ3n) is 2.27. The number of carbonyl (C=O) groups is 1. The van der Waals surface area contributed by atoms with Crippen molar-refractivity contribution in [3.05, 3.63) is 53.4 Å². The molecule has 0 unspecified atom stereocenters. The molecule has 1 aromatic heterocycles. The Morgan fingerprint density at radius 3 is 2.76 bits per heavy atom. The van der Waals surface area contributed by atoms with E-state index in [1.807, 2.05) is 0 Å². The number of aromatic nitrogens is 2. The molecule has 0 amide bonds. The summed E-state index contributed by atoms with van der Waals surface area (Å²) >= 11 is 0. The lowest BCUT2D eigenvalue weighted by Gasteiger charge is -2.05. The lowest BCUT2D eigenvalue weighted by Crippen LogP contribution is -2.11. The van der Waals surface area contributed by atoms with E-state index in [9.17, 15) is 13.6 Å². The molecular formula is C11H8F2N2O2. The van der Waals surface area contributed by atoms with E-state index >= 15 is 0 Å². The topological polar surface area (TPSA) is 55.1 Å². The van der Waals surface area contributed by atoms with Gasteiger partial charge in [-0.2, -0.15) is 5.10 Å². The molecule has 0 saturated carbocycles. The van der Waals surface area contributed by atoms with E-state index in [1.54, 1.807) is 0 Å². The molecule has 1 heterocycles. The number of halogens is 2. The van der Waals surface area contributed by atoms with E-state index in [-0.39, 0.29) is 17.8 Å². The minimum atomic E-state index is -1.15. The van der Waals surface area contributed by atoms with Crippen LogP contribution in [-0.4, -0.2) is 20.9 Å². The Labute approximate surface area is 95.1 Å². The van der Waals surface area contributed by atoms with Gasteiger partial charge in [0.1, 0.15) is 17.3 Å². The van der Waals surface area contributed by atoms with Gasteiger partial charge in [0.05, 0.1) is 6.54 Å². The largest absolute Gasteiger partial charge is 0.477 e. The van der Waals surface area contributed by atoms with Crippen LogP contribution in [0.15, 0.2) is 30.5 Å². The lowest BCUT2D eigenvalue weighted by molar-refractivity contribution is 0.0684. The van der Waals surface area contributed by atoms with Gasteiger partial charge in [0, 0.05) is 17.8 Å². The molecule has 0 radical (unpaired) electrons. The minimum absolute atomic E-state index is 0.0475. The molecule has 1 N–H and O–H groups in total. The first-order valence-electron chi connectivity index (χ1n) is 4.77. The van der Waals surface area contributed by atoms with Crippen molar-refractivity contribution < 1.29 is 18.7 Å². The van der Waals surface area contributed by atoms with E-state index < -0.39 is 17.6 Å². The molecule has 0 bridgehead atoms. The van der Waals surface area contributed by atoms with Crippen LogP contribution >= 0.6 is 0 Å². The van der Waals surface area contributed by atoms with Crippen LogP contribution in [0.1, 0.15) is 16.1 Å². The number of carboxylic acids is 1. The molecule has 0 aliphatic heterocycles. The molecule has 0 saturated heterocycles. The van der Waals surface area contributed by atoms with Crippen molar-refractivity contribution in [2.24, 2.45) is 0 Å². The standard InChI is InChI=1S/C11H8F2N2O2/c12-8-2-1-7(9(13)5-8)6-15-10(11(16)17)3-4-14-15/h1-5H,6H2,(H,16,17). The number of carboxylic acid groups (broad SMARTS) is 1. The summed E-state index contributed by atoms with van der Waals surface area (Å²) in [7, 11) is 0. The van der Waals surface area contributed by atoms with Gasteiger partial charge in [-0.1, -0.05) is 6.07 Å². The zero-order chi connectivity index (χ0) is 12.4. The third-order valence-corrected chi connectivity index (χ3v) is 2.27. The normalized spacial score (nSPS) is 10.5. The summed E-state index contributed by atoms with van der Waals surface area (Å²) in [5.41, 5.74) is 0.131. The molecule has 1 aromatic carbocycles. The number of hydrogen-bond acceptors (Lipinski definition) is 2. The molecule has 0 aliphatic carbocycles. The van der Waals surface area contributed by atoms with Crippen molar-refractivity contribution in [2.75, 3.05) is 0 Å². The van der Waals surface area contributed by atoms with Crippen LogP contribution in [0.5, 0.6) is 0 Å². The van der Waals surface area contributed by atoms with Crippen LogP contribution in [0, 0.1) is 11.6 Å². The molecule has 0 fully saturated rings. The SMILES string of the molecule is O=C(O)c1ccnn1Cc1ccc(F)cc1F. The van der Waals surface area contributed by atoms with Gasteiger partial charge < -0.3 is 5.11 Å². The Morgan fingerprint density at radius 2 is 2.12 bits per heavy atom. The van der Waals surface area contributed by atoms with E-state index in [4.69, 9.17) is 5.11 Å². The van der Waals surface area contributed by atoms with Gasteiger partial charge in [0.2, 0.25) is 0 Å². The third kappa shape index (κ3) is 2.30. The fraction of sp³-hybridized carbons (Fsp3) is 0.0909. The maximum Gasteiger partial charge on any atom is 0.354 e. The lowest BCUT2D eigenvalue weighted by atomic mass is 10.2. The molecule has 0 aliphatic rings. The second-order valence-electron chi connectivity index (χ2n) is 3.41. The Balaban J connectivity index is 2.31. The summed E-state index contributed by atoms with van der Waals surface area (Å²) in [4.78, 5) is 10.8. The molecular weight excluding hydrogens is 230 g/mol. The number of benzene rings is 1. The van der Waals surface area contributed by atoms with Crippen molar-refractivity contribution in [3.8, 4) is 0 Å². The number of nitrogens with zero attached hydrogens (tertiary/aromatic N) is 2. The second kappa shape index (κ2) is 4.32. The average molecular weight is 238 g/mol. The van der Waals surface area contributed by atoms with Crippen LogP contribution in [0.4, 0.5) is 8.78 Å². The number of aromatic carboxylic acids is 1. The van der Waals surface area contributed by atoms with Crippen molar-refractivity contribution in [1.29, 1.82) is 0 Å². The maximum absolute atomic E-state index is 13.3. The zero-order valence-corrected chi connectivity index (χ0v) is 8.60. The van der Waals surface area contributed by atoms with E-state index in [0.29, 0.717) is 0 Å². The number of hydrogen-bond donors (Lipinski definition) is 1. The summed E-state index contributed by atoms with van der Waals surface area (Å²) < 4.78 is 27.2. The molecule has 88 valence electrons. The van der Waals surface area contributed by atoms with Gasteiger partial charge >= 0.3 is 5.97 Å². The molecule has 0 spiro atoms. The van der Waals surface area contributed by atoms with Gasteiger partial charge in [0.25, 0.3) is 0 Å². The minimum Gasteiger partial charge on any atom is -0.477 e. The quantitative estimate of drug-likeness (QED) is 0.888. The molecule has 4 nitrogen and oxygen atoms in total. The average Bonchev–Trinajstić information content (AvgIpc) is 2.70. The van der Waals surface area contributed by atoms with Crippen LogP contribution in [0.2, 0.25) is 0 Å². The van der Waals surface area contributed by atoms with Gasteiger partial charge in [0.15, 0.2) is 0 Å². The van der Waals surface area contributed by atoms with Crippen LogP contribution in [-0.2, 0) is 6.54 Å². The van der Waals surface area contributed by atoms with Crippen molar-refractivity contribution >= 4 is 5.97 Å². The fourth-order valence-electron chi connectivity index (χ4n) is 1.45. The Hall–Kier alpha value is -2.24. The maximum atomic E-state index is 13.3. The van der Waals surface area contributed by atoms with Crippen molar-refractivity contribution in [1.82, 2.24) is 9.78 Å². The van der Waals surface area contributed by atoms with Crippen molar-refractivity contribution in [2.45, 2.75) is 6.54 Å². The first kappa shape index (κ1) is 11.3. The highest BCUT2D eigenvalue weighted by molar-refractivity contribution is 5.85. The van der Waals surface area contributed by atoms with Crippen molar-refractivity contribution in [3.63, 3.8) is 0 Å². The monoisotopic (exact) mass is 238 g/mol. The summed E-state index contributed by atoms with van der Waals surface area (Å²) in [6, 6.07) is 4.43. The Bertz CT molecular complexity index is 566. The molecule has 17 heavy (non-hydrogen) atoms. The highest BCUT2D eigenvalue weighted by Gasteiger charge is 2.12. The second-order valence-corrected chi connectivity index (χ2v) is 3.41. The fourth-order valence-corrected chi connectivity index (χ4v) is 1.45. The summed E-state index contributed by atoms with van der Waals surface area (Å²) in [6.07, 6.45) is 1.31. The number of rotatable bonds is 3. The molecule has 2 rings (SSSR count). The van der Waals surface area contributed by atoms with E-state index in [2.05, 4.69) is 5.10 Å². The summed E-state index contributed by atoms with van der Waals surface area (Å²) in [5.74, 6) is -2.55. The molecule has 6 heteroatoms. The van der Waals surface area contributed by atoms with Gasteiger partial charge in [-0.05, 0) is 12.1 Å². The first-order chi connectivity index (χ1) is 8.08. The zero-order valence-electron chi connectivity index (χ0n) is 8.60. The predicted octanol–water partition coefficient (Wildman–Crippen LogP) is 1.91. The van der Waals surface area contributed by atoms with Crippen LogP contribution in [0.25, 0.3) is 0 Å². The highest BCUT2D eigenvalue weighted by atomic mass is 19.1. The Morgan fingerprint density at radius 1 is 1.35 bits per heavy atom. The summed E-state index contributed by atoms with van der Waals surface area (Å²) in [6.45, 7) is -0.0548. The smallest absolute Gasteiger partial charge is 0.354 e. The highest BCUT2D eigenvalue weighted by Crippen LogP contribution is 2.12. The van der Waals surface area contributed by atoms with E-state index in [1.165, 1.54) is 18.3 Å². The molecule has 0 atom stereocenters. The Kier molecular flexibility index (Phi) is 2.86. The first-order valence-corrected chi connectivity index (χ1v) is 4.77. The van der Waals surface area contributed by atoms with E-state index in [0.717, 1.165) is 16.8 Å². The predicted molar refractivity (Wildman–Crippen MR) is 54.6 cm³/mol.